The lowest BCUT2D eigenvalue weighted by Crippen LogP contribution is -2.03. The number of hydrogen-bond donors (Lipinski definition) is 1. The Morgan fingerprint density at radius 1 is 1.36 bits per heavy atom. The summed E-state index contributed by atoms with van der Waals surface area (Å²) in [6.07, 6.45) is 1.42. The van der Waals surface area contributed by atoms with E-state index in [0.717, 1.165) is 17.9 Å². The Morgan fingerprint density at radius 2 is 2.14 bits per heavy atom. The van der Waals surface area contributed by atoms with Crippen LogP contribution in [0.15, 0.2) is 18.2 Å². The van der Waals surface area contributed by atoms with E-state index in [2.05, 4.69) is 9.24 Å². The van der Waals surface area contributed by atoms with Crippen LogP contribution in [0.5, 0.6) is 11.5 Å². The van der Waals surface area contributed by atoms with Crippen LogP contribution in [-0.2, 0) is 6.42 Å². The molecule has 1 aromatic rings. The first-order valence-electron chi connectivity index (χ1n) is 4.51. The summed E-state index contributed by atoms with van der Waals surface area (Å²) in [4.78, 5) is 0. The Bertz CT molecular complexity index is 291. The van der Waals surface area contributed by atoms with Gasteiger partial charge in [0.1, 0.15) is 6.35 Å². The number of ether oxygens (including phenoxy) is 2. The fourth-order valence-electron chi connectivity index (χ4n) is 1.25. The number of methoxy groups -OCH3 is 1. The second-order valence-corrected chi connectivity index (χ2v) is 3.17. The van der Waals surface area contributed by atoms with Gasteiger partial charge in [-0.3, -0.25) is 0 Å². The first-order valence-corrected chi connectivity index (χ1v) is 5.33. The Hall–Kier alpha value is -0.790. The molecule has 14 heavy (non-hydrogen) atoms. The average Bonchev–Trinajstić information content (AvgIpc) is 2.19. The van der Waals surface area contributed by atoms with Crippen molar-refractivity contribution < 1.29 is 9.47 Å². The predicted octanol–water partition coefficient (Wildman–Crippen LogP) is 1.41. The standard InChI is InChI=1S/C10H16NO2P/c1-12-9-3-2-8(4-5-11)6-10(9)13-7-14/h2-3,6H,4-5,7,11,14H2,1H3. The third-order valence-electron chi connectivity index (χ3n) is 1.90. The summed E-state index contributed by atoms with van der Waals surface area (Å²) >= 11 is 0. The van der Waals surface area contributed by atoms with Crippen LogP contribution in [-0.4, -0.2) is 20.0 Å². The van der Waals surface area contributed by atoms with E-state index < -0.39 is 0 Å². The van der Waals surface area contributed by atoms with Crippen LogP contribution in [0.25, 0.3) is 0 Å². The van der Waals surface area contributed by atoms with E-state index in [1.165, 1.54) is 5.56 Å². The van der Waals surface area contributed by atoms with E-state index >= 15 is 0 Å². The number of nitrogens with two attached hydrogens (primary N) is 1. The van der Waals surface area contributed by atoms with Gasteiger partial charge < -0.3 is 15.2 Å². The lowest BCUT2D eigenvalue weighted by atomic mass is 10.1. The maximum absolute atomic E-state index is 5.48. The zero-order chi connectivity index (χ0) is 10.4. The van der Waals surface area contributed by atoms with Crippen molar-refractivity contribution in [1.82, 2.24) is 0 Å². The molecule has 0 heterocycles. The van der Waals surface area contributed by atoms with E-state index in [-0.39, 0.29) is 0 Å². The van der Waals surface area contributed by atoms with Gasteiger partial charge in [-0.25, -0.2) is 0 Å². The Labute approximate surface area is 86.8 Å². The zero-order valence-corrected chi connectivity index (χ0v) is 9.48. The van der Waals surface area contributed by atoms with Gasteiger partial charge in [0.15, 0.2) is 11.5 Å². The Kier molecular flexibility index (Phi) is 4.71. The second kappa shape index (κ2) is 5.84. The maximum Gasteiger partial charge on any atom is 0.161 e. The molecule has 2 N–H and O–H groups in total. The molecule has 1 rings (SSSR count). The third kappa shape index (κ3) is 2.86. The minimum absolute atomic E-state index is 0.558. The molecule has 0 fully saturated rings. The molecule has 78 valence electrons. The number of hydrogen-bond acceptors (Lipinski definition) is 3. The van der Waals surface area contributed by atoms with Crippen molar-refractivity contribution >= 4 is 9.24 Å². The summed E-state index contributed by atoms with van der Waals surface area (Å²) in [5, 5.41) is 0. The van der Waals surface area contributed by atoms with Crippen LogP contribution in [0.2, 0.25) is 0 Å². The van der Waals surface area contributed by atoms with E-state index in [1.807, 2.05) is 18.2 Å². The van der Waals surface area contributed by atoms with Gasteiger partial charge in [-0.05, 0) is 30.7 Å². The van der Waals surface area contributed by atoms with Crippen molar-refractivity contribution in [2.45, 2.75) is 6.42 Å². The molecule has 0 saturated carbocycles. The minimum atomic E-state index is 0.558. The summed E-state index contributed by atoms with van der Waals surface area (Å²) < 4.78 is 10.6. The van der Waals surface area contributed by atoms with Crippen molar-refractivity contribution in [3.05, 3.63) is 23.8 Å². The molecule has 0 spiro atoms. The summed E-state index contributed by atoms with van der Waals surface area (Å²) in [5.74, 6) is 1.53. The zero-order valence-electron chi connectivity index (χ0n) is 8.32. The quantitative estimate of drug-likeness (QED) is 0.752. The molecule has 0 aliphatic carbocycles. The van der Waals surface area contributed by atoms with Crippen LogP contribution < -0.4 is 15.2 Å². The molecule has 1 aromatic carbocycles. The van der Waals surface area contributed by atoms with Crippen LogP contribution >= 0.6 is 9.24 Å². The average molecular weight is 213 g/mol. The first-order chi connectivity index (χ1) is 6.81. The van der Waals surface area contributed by atoms with Crippen LogP contribution in [0.3, 0.4) is 0 Å². The topological polar surface area (TPSA) is 44.5 Å². The van der Waals surface area contributed by atoms with Gasteiger partial charge >= 0.3 is 0 Å². The van der Waals surface area contributed by atoms with Crippen molar-refractivity contribution in [2.24, 2.45) is 5.73 Å². The fraction of sp³-hybridized carbons (Fsp3) is 0.400. The van der Waals surface area contributed by atoms with Gasteiger partial charge in [-0.15, -0.1) is 0 Å². The summed E-state index contributed by atoms with van der Waals surface area (Å²) in [5.41, 5.74) is 6.65. The van der Waals surface area contributed by atoms with Crippen molar-refractivity contribution in [1.29, 1.82) is 0 Å². The molecule has 1 atom stereocenters. The van der Waals surface area contributed by atoms with Gasteiger partial charge in [0.05, 0.1) is 7.11 Å². The molecule has 4 heteroatoms. The van der Waals surface area contributed by atoms with E-state index in [0.29, 0.717) is 12.9 Å². The van der Waals surface area contributed by atoms with E-state index in [9.17, 15) is 0 Å². The highest BCUT2D eigenvalue weighted by molar-refractivity contribution is 7.16. The van der Waals surface area contributed by atoms with Crippen LogP contribution in [0.1, 0.15) is 5.56 Å². The molecule has 0 saturated heterocycles. The molecule has 3 nitrogen and oxygen atoms in total. The fourth-order valence-corrected chi connectivity index (χ4v) is 1.43. The van der Waals surface area contributed by atoms with Gasteiger partial charge in [0.25, 0.3) is 0 Å². The first kappa shape index (κ1) is 11.3. The van der Waals surface area contributed by atoms with Crippen LogP contribution in [0.4, 0.5) is 0 Å². The predicted molar refractivity (Wildman–Crippen MR) is 61.0 cm³/mol. The van der Waals surface area contributed by atoms with Gasteiger partial charge in [0, 0.05) is 0 Å². The summed E-state index contributed by atoms with van der Waals surface area (Å²) in [6, 6.07) is 5.87. The lowest BCUT2D eigenvalue weighted by molar-refractivity contribution is 0.343. The van der Waals surface area contributed by atoms with Crippen molar-refractivity contribution in [3.63, 3.8) is 0 Å². The molecule has 0 aliphatic heterocycles. The van der Waals surface area contributed by atoms with E-state index in [4.69, 9.17) is 15.2 Å². The third-order valence-corrected chi connectivity index (χ3v) is 2.07. The van der Waals surface area contributed by atoms with Crippen molar-refractivity contribution in [2.75, 3.05) is 20.0 Å². The molecular weight excluding hydrogens is 197 g/mol. The van der Waals surface area contributed by atoms with Crippen molar-refractivity contribution in [3.8, 4) is 11.5 Å². The SMILES string of the molecule is COc1ccc(CCN)cc1OCP. The minimum Gasteiger partial charge on any atom is -0.493 e. The van der Waals surface area contributed by atoms with Gasteiger partial charge in [0.2, 0.25) is 0 Å². The van der Waals surface area contributed by atoms with Gasteiger partial charge in [-0.1, -0.05) is 15.3 Å². The monoisotopic (exact) mass is 213 g/mol. The number of rotatable bonds is 5. The molecule has 1 unspecified atom stereocenters. The van der Waals surface area contributed by atoms with Gasteiger partial charge in [-0.2, -0.15) is 0 Å². The summed E-state index contributed by atoms with van der Waals surface area (Å²) in [6.45, 7) is 0.645. The van der Waals surface area contributed by atoms with Crippen LogP contribution in [0, 0.1) is 0 Å². The highest BCUT2D eigenvalue weighted by Crippen LogP contribution is 2.28. The maximum atomic E-state index is 5.48. The Morgan fingerprint density at radius 3 is 2.71 bits per heavy atom. The highest BCUT2D eigenvalue weighted by Gasteiger charge is 2.04. The number of benzene rings is 1. The van der Waals surface area contributed by atoms with E-state index in [1.54, 1.807) is 7.11 Å². The molecule has 0 radical (unpaired) electrons. The Balaban J connectivity index is 2.88. The molecular formula is C10H16NO2P. The lowest BCUT2D eigenvalue weighted by Gasteiger charge is -2.10. The summed E-state index contributed by atoms with van der Waals surface area (Å²) in [7, 11) is 4.14. The smallest absolute Gasteiger partial charge is 0.161 e. The molecule has 0 bridgehead atoms. The highest BCUT2D eigenvalue weighted by atomic mass is 31.0. The molecule has 0 aliphatic rings. The normalized spacial score (nSPS) is 9.93. The molecule has 0 amide bonds. The largest absolute Gasteiger partial charge is 0.493 e. The molecule has 0 aromatic heterocycles. The second-order valence-electron chi connectivity index (χ2n) is 2.83.